The van der Waals surface area contributed by atoms with Gasteiger partial charge in [-0.3, -0.25) is 0 Å². The molecule has 1 N–H and O–H groups in total. The van der Waals surface area contributed by atoms with Gasteiger partial charge in [-0.05, 0) is 31.5 Å². The maximum atomic E-state index is 13.5. The molecule has 1 aromatic rings. The van der Waals surface area contributed by atoms with Crippen LogP contribution in [-0.2, 0) is 0 Å². The number of rotatable bonds is 5. The molecular weight excluding hydrogens is 241 g/mol. The number of hydrogen-bond acceptors (Lipinski definition) is 2. The van der Waals surface area contributed by atoms with E-state index in [1.54, 1.807) is 13.0 Å². The van der Waals surface area contributed by atoms with Gasteiger partial charge in [0.2, 0.25) is 0 Å². The molecule has 19 heavy (non-hydrogen) atoms. The largest absolute Gasteiger partial charge is 0.490 e. The minimum absolute atomic E-state index is 0.136. The lowest BCUT2D eigenvalue weighted by molar-refractivity contribution is -0.0698. The number of halogens is 1. The molecule has 0 bridgehead atoms. The van der Waals surface area contributed by atoms with Gasteiger partial charge >= 0.3 is 0 Å². The minimum Gasteiger partial charge on any atom is -0.490 e. The first-order valence-electron chi connectivity index (χ1n) is 7.17. The molecule has 0 saturated heterocycles. The van der Waals surface area contributed by atoms with E-state index in [4.69, 9.17) is 4.74 Å². The summed E-state index contributed by atoms with van der Waals surface area (Å²) in [4.78, 5) is 0. The molecule has 1 aromatic carbocycles. The zero-order chi connectivity index (χ0) is 14.0. The summed E-state index contributed by atoms with van der Waals surface area (Å²) in [6.45, 7) is 9.31. The van der Waals surface area contributed by atoms with E-state index in [-0.39, 0.29) is 17.3 Å². The first kappa shape index (κ1) is 14.3. The van der Waals surface area contributed by atoms with Crippen LogP contribution in [0.2, 0.25) is 0 Å². The van der Waals surface area contributed by atoms with Gasteiger partial charge in [-0.15, -0.1) is 0 Å². The quantitative estimate of drug-likeness (QED) is 0.877. The molecule has 2 rings (SSSR count). The third-order valence-electron chi connectivity index (χ3n) is 4.62. The molecule has 0 heterocycles. The van der Waals surface area contributed by atoms with E-state index in [1.807, 2.05) is 6.07 Å². The van der Waals surface area contributed by atoms with Crippen molar-refractivity contribution in [2.24, 2.45) is 5.41 Å². The van der Waals surface area contributed by atoms with Gasteiger partial charge in [0.1, 0.15) is 17.7 Å². The lowest BCUT2D eigenvalue weighted by Crippen LogP contribution is -2.63. The van der Waals surface area contributed by atoms with Crippen LogP contribution >= 0.6 is 0 Å². The van der Waals surface area contributed by atoms with Gasteiger partial charge in [0.25, 0.3) is 0 Å². The van der Waals surface area contributed by atoms with Crippen molar-refractivity contribution in [2.75, 3.05) is 6.54 Å². The van der Waals surface area contributed by atoms with Crippen LogP contribution in [0.5, 0.6) is 5.75 Å². The van der Waals surface area contributed by atoms with E-state index in [2.05, 4.69) is 26.1 Å². The second-order valence-electron chi connectivity index (χ2n) is 5.72. The Morgan fingerprint density at radius 1 is 1.42 bits per heavy atom. The average molecular weight is 265 g/mol. The van der Waals surface area contributed by atoms with Crippen molar-refractivity contribution in [3.8, 4) is 5.75 Å². The Bertz CT molecular complexity index is 448. The highest BCUT2D eigenvalue weighted by Gasteiger charge is 2.51. The van der Waals surface area contributed by atoms with E-state index >= 15 is 0 Å². The Morgan fingerprint density at radius 2 is 2.16 bits per heavy atom. The number of hydrogen-bond donors (Lipinski definition) is 1. The molecular formula is C16H24FNO. The topological polar surface area (TPSA) is 21.3 Å². The van der Waals surface area contributed by atoms with Gasteiger partial charge in [0, 0.05) is 23.9 Å². The summed E-state index contributed by atoms with van der Waals surface area (Å²) < 4.78 is 19.5. The van der Waals surface area contributed by atoms with Crippen molar-refractivity contribution in [1.29, 1.82) is 0 Å². The summed E-state index contributed by atoms with van der Waals surface area (Å²) in [5, 5.41) is 3.51. The molecule has 3 heteroatoms. The maximum Gasteiger partial charge on any atom is 0.129 e. The van der Waals surface area contributed by atoms with Gasteiger partial charge in [-0.1, -0.05) is 26.8 Å². The fraction of sp³-hybridized carbons (Fsp3) is 0.625. The van der Waals surface area contributed by atoms with Crippen LogP contribution in [0.1, 0.15) is 39.2 Å². The van der Waals surface area contributed by atoms with Crippen molar-refractivity contribution in [3.05, 3.63) is 29.6 Å². The van der Waals surface area contributed by atoms with E-state index in [0.717, 1.165) is 19.4 Å². The highest BCUT2D eigenvalue weighted by atomic mass is 19.1. The fourth-order valence-corrected chi connectivity index (χ4v) is 2.85. The minimum atomic E-state index is -0.196. The summed E-state index contributed by atoms with van der Waals surface area (Å²) >= 11 is 0. The highest BCUT2D eigenvalue weighted by Crippen LogP contribution is 2.46. The predicted octanol–water partition coefficient (Wildman–Crippen LogP) is 3.68. The van der Waals surface area contributed by atoms with Gasteiger partial charge in [-0.2, -0.15) is 0 Å². The van der Waals surface area contributed by atoms with Crippen molar-refractivity contribution in [1.82, 2.24) is 5.32 Å². The highest BCUT2D eigenvalue weighted by molar-refractivity contribution is 5.29. The monoisotopic (exact) mass is 265 g/mol. The summed E-state index contributed by atoms with van der Waals surface area (Å²) in [5.74, 6) is 0.445. The molecule has 3 atom stereocenters. The first-order chi connectivity index (χ1) is 9.01. The zero-order valence-electron chi connectivity index (χ0n) is 12.3. The molecule has 0 aliphatic heterocycles. The van der Waals surface area contributed by atoms with Gasteiger partial charge in [0.05, 0.1) is 0 Å². The molecule has 2 nitrogen and oxygen atoms in total. The Balaban J connectivity index is 2.05. The van der Waals surface area contributed by atoms with Crippen LogP contribution in [0.15, 0.2) is 18.2 Å². The van der Waals surface area contributed by atoms with Crippen LogP contribution in [-0.4, -0.2) is 18.7 Å². The van der Waals surface area contributed by atoms with Crippen LogP contribution < -0.4 is 10.1 Å². The van der Waals surface area contributed by atoms with Crippen molar-refractivity contribution in [3.63, 3.8) is 0 Å². The van der Waals surface area contributed by atoms with Crippen molar-refractivity contribution in [2.45, 2.75) is 52.7 Å². The lowest BCUT2D eigenvalue weighted by atomic mass is 9.61. The van der Waals surface area contributed by atoms with Crippen molar-refractivity contribution >= 4 is 0 Å². The summed E-state index contributed by atoms with van der Waals surface area (Å²) in [7, 11) is 0. The molecule has 1 saturated carbocycles. The zero-order valence-corrected chi connectivity index (χ0v) is 12.3. The van der Waals surface area contributed by atoms with Crippen LogP contribution in [0, 0.1) is 18.2 Å². The van der Waals surface area contributed by atoms with Crippen LogP contribution in [0.3, 0.4) is 0 Å². The van der Waals surface area contributed by atoms with Gasteiger partial charge in [-0.25, -0.2) is 4.39 Å². The Labute approximate surface area is 115 Å². The Morgan fingerprint density at radius 3 is 2.74 bits per heavy atom. The number of benzene rings is 1. The van der Waals surface area contributed by atoms with E-state index in [1.165, 1.54) is 6.07 Å². The Kier molecular flexibility index (Phi) is 4.14. The SMILES string of the molecule is CCNC1CC(Oc2ccc(C)c(F)c2)C1(C)CC. The van der Waals surface area contributed by atoms with Crippen LogP contribution in [0.25, 0.3) is 0 Å². The lowest BCUT2D eigenvalue weighted by Gasteiger charge is -2.53. The molecule has 0 aromatic heterocycles. The molecule has 106 valence electrons. The van der Waals surface area contributed by atoms with E-state index in [0.29, 0.717) is 17.4 Å². The summed E-state index contributed by atoms with van der Waals surface area (Å²) in [6.07, 6.45) is 2.22. The molecule has 0 spiro atoms. The third-order valence-corrected chi connectivity index (χ3v) is 4.62. The fourth-order valence-electron chi connectivity index (χ4n) is 2.85. The van der Waals surface area contributed by atoms with E-state index < -0.39 is 0 Å². The molecule has 0 radical (unpaired) electrons. The molecule has 1 fully saturated rings. The van der Waals surface area contributed by atoms with Crippen LogP contribution in [0.4, 0.5) is 4.39 Å². The summed E-state index contributed by atoms with van der Waals surface area (Å²) in [6, 6.07) is 5.62. The normalized spacial score (nSPS) is 29.9. The van der Waals surface area contributed by atoms with Gasteiger partial charge < -0.3 is 10.1 Å². The number of aryl methyl sites for hydroxylation is 1. The second kappa shape index (κ2) is 5.49. The van der Waals surface area contributed by atoms with E-state index in [9.17, 15) is 4.39 Å². The van der Waals surface area contributed by atoms with Crippen molar-refractivity contribution < 1.29 is 9.13 Å². The molecule has 0 amide bonds. The molecule has 3 unspecified atom stereocenters. The molecule has 1 aliphatic carbocycles. The average Bonchev–Trinajstić information content (AvgIpc) is 2.40. The standard InChI is InChI=1S/C16H24FNO/c1-5-16(4)14(18-6-2)10-15(16)19-12-8-7-11(3)13(17)9-12/h7-9,14-15,18H,5-6,10H2,1-4H3. The third kappa shape index (κ3) is 2.62. The maximum absolute atomic E-state index is 13.5. The number of nitrogens with one attached hydrogen (secondary N) is 1. The smallest absolute Gasteiger partial charge is 0.129 e. The second-order valence-corrected chi connectivity index (χ2v) is 5.72. The van der Waals surface area contributed by atoms with Gasteiger partial charge in [0.15, 0.2) is 0 Å². The first-order valence-corrected chi connectivity index (χ1v) is 7.17. The predicted molar refractivity (Wildman–Crippen MR) is 76.0 cm³/mol. The number of ether oxygens (including phenoxy) is 1. The Hall–Kier alpha value is -1.09. The molecule has 1 aliphatic rings. The summed E-state index contributed by atoms with van der Waals surface area (Å²) in [5.41, 5.74) is 0.793.